The van der Waals surface area contributed by atoms with Gasteiger partial charge in [0, 0.05) is 32.9 Å². The molecule has 116 valence electrons. The molecular formula is C14H22BrN5O. The molecule has 2 aromatic heterocycles. The molecule has 0 radical (unpaired) electrons. The van der Waals surface area contributed by atoms with Crippen LogP contribution < -0.4 is 5.32 Å². The Balaban J connectivity index is 1.99. The lowest BCUT2D eigenvalue weighted by Gasteiger charge is -2.06. The van der Waals surface area contributed by atoms with E-state index >= 15 is 0 Å². The summed E-state index contributed by atoms with van der Waals surface area (Å²) in [4.78, 5) is 0. The first-order valence-corrected chi connectivity index (χ1v) is 7.88. The second kappa shape index (κ2) is 7.72. The van der Waals surface area contributed by atoms with E-state index in [1.165, 1.54) is 0 Å². The highest BCUT2D eigenvalue weighted by atomic mass is 79.9. The lowest BCUT2D eigenvalue weighted by Crippen LogP contribution is -2.19. The molecule has 0 aromatic carbocycles. The van der Waals surface area contributed by atoms with Crippen molar-refractivity contribution in [2.45, 2.75) is 33.5 Å². The number of rotatable bonds is 8. The highest BCUT2D eigenvalue weighted by Gasteiger charge is 2.13. The average molecular weight is 356 g/mol. The zero-order chi connectivity index (χ0) is 15.2. The lowest BCUT2D eigenvalue weighted by atomic mass is 10.3. The van der Waals surface area contributed by atoms with Crippen LogP contribution in [0.3, 0.4) is 0 Å². The van der Waals surface area contributed by atoms with Crippen LogP contribution in [0.2, 0.25) is 0 Å². The number of halogens is 1. The number of hydrogen-bond acceptors (Lipinski definition) is 4. The van der Waals surface area contributed by atoms with Gasteiger partial charge in [0.1, 0.15) is 0 Å². The first kappa shape index (κ1) is 16.2. The van der Waals surface area contributed by atoms with E-state index in [1.807, 2.05) is 28.6 Å². The van der Waals surface area contributed by atoms with Gasteiger partial charge in [-0.05, 0) is 35.8 Å². The van der Waals surface area contributed by atoms with Crippen LogP contribution >= 0.6 is 15.9 Å². The molecule has 0 aliphatic carbocycles. The number of methoxy groups -OCH3 is 1. The fourth-order valence-electron chi connectivity index (χ4n) is 2.15. The molecule has 2 rings (SSSR count). The van der Waals surface area contributed by atoms with Gasteiger partial charge in [0.15, 0.2) is 0 Å². The minimum atomic E-state index is 0.711. The first-order valence-electron chi connectivity index (χ1n) is 7.09. The molecule has 2 heterocycles. The maximum absolute atomic E-state index is 5.00. The number of nitrogens with one attached hydrogen (secondary N) is 1. The van der Waals surface area contributed by atoms with Gasteiger partial charge in [0.2, 0.25) is 0 Å². The molecule has 7 heteroatoms. The zero-order valence-electron chi connectivity index (χ0n) is 12.8. The van der Waals surface area contributed by atoms with Crippen molar-refractivity contribution in [1.29, 1.82) is 0 Å². The van der Waals surface area contributed by atoms with Crippen LogP contribution in [-0.4, -0.2) is 39.8 Å². The molecule has 0 unspecified atom stereocenters. The largest absolute Gasteiger partial charge is 0.383 e. The quantitative estimate of drug-likeness (QED) is 0.735. The van der Waals surface area contributed by atoms with Crippen LogP contribution in [0.1, 0.15) is 24.0 Å². The summed E-state index contributed by atoms with van der Waals surface area (Å²) in [5, 5.41) is 12.4. The van der Waals surface area contributed by atoms with E-state index < -0.39 is 0 Å². The van der Waals surface area contributed by atoms with Gasteiger partial charge < -0.3 is 10.1 Å². The molecule has 0 aliphatic rings. The van der Waals surface area contributed by atoms with E-state index in [2.05, 4.69) is 38.4 Å². The molecule has 0 atom stereocenters. The Bertz CT molecular complexity index is 578. The van der Waals surface area contributed by atoms with E-state index in [0.717, 1.165) is 41.2 Å². The number of aryl methyl sites for hydroxylation is 2. The van der Waals surface area contributed by atoms with E-state index in [9.17, 15) is 0 Å². The molecule has 0 saturated carbocycles. The molecule has 1 N–H and O–H groups in total. The lowest BCUT2D eigenvalue weighted by molar-refractivity contribution is 0.199. The minimum absolute atomic E-state index is 0.711. The molecule has 2 aromatic rings. The Hall–Kier alpha value is -1.18. The van der Waals surface area contributed by atoms with Crippen molar-refractivity contribution >= 4 is 15.9 Å². The van der Waals surface area contributed by atoms with E-state index in [4.69, 9.17) is 4.74 Å². The van der Waals surface area contributed by atoms with Gasteiger partial charge >= 0.3 is 0 Å². The van der Waals surface area contributed by atoms with E-state index in [1.54, 1.807) is 7.11 Å². The zero-order valence-corrected chi connectivity index (χ0v) is 14.4. The number of hydrogen-bond donors (Lipinski definition) is 1. The van der Waals surface area contributed by atoms with Gasteiger partial charge in [-0.25, -0.2) is 0 Å². The summed E-state index contributed by atoms with van der Waals surface area (Å²) in [6.45, 7) is 7.97. The summed E-state index contributed by atoms with van der Waals surface area (Å²) >= 11 is 3.61. The Labute approximate surface area is 133 Å². The third-order valence-corrected chi connectivity index (χ3v) is 4.28. The van der Waals surface area contributed by atoms with E-state index in [-0.39, 0.29) is 0 Å². The van der Waals surface area contributed by atoms with Crippen molar-refractivity contribution in [3.05, 3.63) is 33.8 Å². The van der Waals surface area contributed by atoms with Crippen molar-refractivity contribution < 1.29 is 4.74 Å². The summed E-state index contributed by atoms with van der Waals surface area (Å²) in [5.41, 5.74) is 3.19. The fraction of sp³-hybridized carbons (Fsp3) is 0.571. The number of nitrogens with zero attached hydrogens (tertiary/aromatic N) is 4. The predicted octanol–water partition coefficient (Wildman–Crippen LogP) is 1.95. The smallest absolute Gasteiger partial charge is 0.0839 e. The molecule has 6 nitrogen and oxygen atoms in total. The monoisotopic (exact) mass is 355 g/mol. The van der Waals surface area contributed by atoms with Crippen molar-refractivity contribution in [2.24, 2.45) is 0 Å². The van der Waals surface area contributed by atoms with Crippen LogP contribution in [0.5, 0.6) is 0 Å². The average Bonchev–Trinajstić information content (AvgIpc) is 3.03. The normalized spacial score (nSPS) is 11.2. The Morgan fingerprint density at radius 2 is 2.19 bits per heavy atom. The molecular weight excluding hydrogens is 334 g/mol. The minimum Gasteiger partial charge on any atom is -0.383 e. The third kappa shape index (κ3) is 4.15. The maximum atomic E-state index is 5.00. The second-order valence-corrected chi connectivity index (χ2v) is 5.63. The predicted molar refractivity (Wildman–Crippen MR) is 85.2 cm³/mol. The Morgan fingerprint density at radius 3 is 2.90 bits per heavy atom. The van der Waals surface area contributed by atoms with E-state index in [0.29, 0.717) is 13.2 Å². The van der Waals surface area contributed by atoms with Gasteiger partial charge in [0.05, 0.1) is 34.7 Å². The number of aromatic nitrogens is 4. The SMILES string of the molecule is CCn1nc(C)c(Br)c1Cn1ccc(CNCCOC)n1. The highest BCUT2D eigenvalue weighted by Crippen LogP contribution is 2.21. The van der Waals surface area contributed by atoms with Crippen molar-refractivity contribution in [1.82, 2.24) is 24.9 Å². The van der Waals surface area contributed by atoms with Crippen LogP contribution in [0.25, 0.3) is 0 Å². The van der Waals surface area contributed by atoms with Gasteiger partial charge in [-0.1, -0.05) is 0 Å². The molecule has 21 heavy (non-hydrogen) atoms. The molecule has 0 fully saturated rings. The van der Waals surface area contributed by atoms with Gasteiger partial charge in [0.25, 0.3) is 0 Å². The summed E-state index contributed by atoms with van der Waals surface area (Å²) in [5.74, 6) is 0. The van der Waals surface area contributed by atoms with Crippen molar-refractivity contribution in [3.8, 4) is 0 Å². The highest BCUT2D eigenvalue weighted by molar-refractivity contribution is 9.10. The first-order chi connectivity index (χ1) is 10.2. The Kier molecular flexibility index (Phi) is 5.96. The second-order valence-electron chi connectivity index (χ2n) is 4.84. The fourth-order valence-corrected chi connectivity index (χ4v) is 2.56. The molecule has 0 amide bonds. The van der Waals surface area contributed by atoms with Crippen LogP contribution in [0, 0.1) is 6.92 Å². The maximum Gasteiger partial charge on any atom is 0.0839 e. The van der Waals surface area contributed by atoms with Gasteiger partial charge in [-0.2, -0.15) is 10.2 Å². The Morgan fingerprint density at radius 1 is 1.38 bits per heavy atom. The summed E-state index contributed by atoms with van der Waals surface area (Å²) in [6, 6.07) is 2.03. The molecule has 0 spiro atoms. The number of ether oxygens (including phenoxy) is 1. The van der Waals surface area contributed by atoms with Gasteiger partial charge in [-0.15, -0.1) is 0 Å². The van der Waals surface area contributed by atoms with Crippen molar-refractivity contribution in [3.63, 3.8) is 0 Å². The van der Waals surface area contributed by atoms with Crippen LogP contribution in [0.4, 0.5) is 0 Å². The van der Waals surface area contributed by atoms with Crippen molar-refractivity contribution in [2.75, 3.05) is 20.3 Å². The molecule has 0 saturated heterocycles. The summed E-state index contributed by atoms with van der Waals surface area (Å²) in [7, 11) is 1.70. The standard InChI is InChI=1S/C14H22BrN5O/c1-4-20-13(14(15)11(2)17-20)10-19-7-5-12(18-19)9-16-6-8-21-3/h5,7,16H,4,6,8-10H2,1-3H3. The molecule has 0 aliphatic heterocycles. The van der Waals surface area contributed by atoms with Crippen LogP contribution in [0.15, 0.2) is 16.7 Å². The van der Waals surface area contributed by atoms with Crippen LogP contribution in [-0.2, 0) is 24.4 Å². The van der Waals surface area contributed by atoms with Gasteiger partial charge in [-0.3, -0.25) is 9.36 Å². The summed E-state index contributed by atoms with van der Waals surface area (Å²) in [6.07, 6.45) is 2.00. The third-order valence-electron chi connectivity index (χ3n) is 3.25. The topological polar surface area (TPSA) is 56.9 Å². The molecule has 0 bridgehead atoms. The summed E-state index contributed by atoms with van der Waals surface area (Å²) < 4.78 is 10.0.